The summed E-state index contributed by atoms with van der Waals surface area (Å²) < 4.78 is 2.02. The van der Waals surface area contributed by atoms with Crippen LogP contribution in [-0.4, -0.2) is 26.3 Å². The van der Waals surface area contributed by atoms with Crippen LogP contribution in [0.2, 0.25) is 0 Å². The first-order chi connectivity index (χ1) is 25.5. The Morgan fingerprint density at radius 1 is 0.500 bits per heavy atom. The Balaban J connectivity index is 1.25. The van der Waals surface area contributed by atoms with Gasteiger partial charge >= 0.3 is 0 Å². The predicted octanol–water partition coefficient (Wildman–Crippen LogP) is 9.12. The summed E-state index contributed by atoms with van der Waals surface area (Å²) in [5.74, 6) is -0.808. The van der Waals surface area contributed by atoms with E-state index in [-0.39, 0.29) is 0 Å². The third kappa shape index (κ3) is 4.83. The van der Waals surface area contributed by atoms with Gasteiger partial charge in [-0.2, -0.15) is 10.5 Å². The van der Waals surface area contributed by atoms with E-state index >= 15 is 0 Å². The van der Waals surface area contributed by atoms with Crippen LogP contribution >= 0.6 is 0 Å². The van der Waals surface area contributed by atoms with Crippen molar-refractivity contribution in [3.05, 3.63) is 168 Å². The Morgan fingerprint density at radius 3 is 1.63 bits per heavy atom. The highest BCUT2D eigenvalue weighted by atomic mass is 16.2. The second-order valence-electron chi connectivity index (χ2n) is 12.5. The summed E-state index contributed by atoms with van der Waals surface area (Å²) in [5.41, 5.74) is 9.37. The summed E-state index contributed by atoms with van der Waals surface area (Å²) in [6, 6.07) is 42.7. The van der Waals surface area contributed by atoms with Gasteiger partial charge in [-0.1, -0.05) is 72.8 Å². The van der Waals surface area contributed by atoms with Crippen LogP contribution in [-0.2, 0) is 0 Å². The molecule has 0 unspecified atom stereocenters. The van der Waals surface area contributed by atoms with E-state index in [4.69, 9.17) is 0 Å². The smallest absolute Gasteiger partial charge is 0.268 e. The molecule has 242 valence electrons. The lowest BCUT2D eigenvalue weighted by atomic mass is 10.0. The van der Waals surface area contributed by atoms with Gasteiger partial charge in [-0.05, 0) is 70.8 Å². The molecule has 0 N–H and O–H groups in total. The zero-order valence-electron chi connectivity index (χ0n) is 27.4. The van der Waals surface area contributed by atoms with Crippen molar-refractivity contribution >= 4 is 39.3 Å². The number of fused-ring (bicyclic) bond motifs is 4. The molecule has 0 atom stereocenters. The second kappa shape index (κ2) is 12.0. The maximum atomic E-state index is 14.5. The molecule has 52 heavy (non-hydrogen) atoms. The molecule has 4 heterocycles. The molecule has 0 spiro atoms. The number of nitriles is 2. The molecule has 0 aliphatic carbocycles. The first-order valence-corrected chi connectivity index (χ1v) is 16.5. The van der Waals surface area contributed by atoms with Crippen LogP contribution in [0.5, 0.6) is 0 Å². The number of carbonyl (C=O) groups excluding carboxylic acids is 2. The van der Waals surface area contributed by atoms with E-state index in [1.54, 1.807) is 48.8 Å². The SMILES string of the molecule is N#Cc1cncc(-c2ccc3c4ccc(-c5cncc(C#N)c5)cc4n(-c4cccc5c4C(=O)N(c4ccc(-c6ccccc6)cc4)C5=O)c3c2)c1. The number of nitrogens with zero attached hydrogens (tertiary/aromatic N) is 6. The maximum Gasteiger partial charge on any atom is 0.268 e. The highest BCUT2D eigenvalue weighted by Crippen LogP contribution is 2.40. The van der Waals surface area contributed by atoms with Gasteiger partial charge in [0.2, 0.25) is 0 Å². The van der Waals surface area contributed by atoms with Gasteiger partial charge < -0.3 is 4.57 Å². The zero-order chi connectivity index (χ0) is 35.3. The van der Waals surface area contributed by atoms with Crippen molar-refractivity contribution in [3.8, 4) is 51.2 Å². The van der Waals surface area contributed by atoms with Crippen LogP contribution in [0, 0.1) is 22.7 Å². The van der Waals surface area contributed by atoms with Crippen LogP contribution in [0.1, 0.15) is 31.8 Å². The van der Waals surface area contributed by atoms with Gasteiger partial charge in [-0.15, -0.1) is 0 Å². The number of benzene rings is 5. The number of hydrogen-bond donors (Lipinski definition) is 0. The lowest BCUT2D eigenvalue weighted by Gasteiger charge is -2.15. The quantitative estimate of drug-likeness (QED) is 0.169. The first kappa shape index (κ1) is 30.4. The largest absolute Gasteiger partial charge is 0.308 e. The number of pyridine rings is 2. The summed E-state index contributed by atoms with van der Waals surface area (Å²) in [4.78, 5) is 38.3. The molecular formula is C44H24N6O2. The summed E-state index contributed by atoms with van der Waals surface area (Å²) in [7, 11) is 0. The van der Waals surface area contributed by atoms with Crippen molar-refractivity contribution in [1.82, 2.24) is 14.5 Å². The van der Waals surface area contributed by atoms with Crippen molar-refractivity contribution in [3.63, 3.8) is 0 Å². The Morgan fingerprint density at radius 2 is 1.06 bits per heavy atom. The summed E-state index contributed by atoms with van der Waals surface area (Å²) >= 11 is 0. The third-order valence-corrected chi connectivity index (χ3v) is 9.54. The van der Waals surface area contributed by atoms with Crippen LogP contribution in [0.25, 0.3) is 60.9 Å². The average molecular weight is 669 g/mol. The molecule has 0 saturated carbocycles. The fraction of sp³-hybridized carbons (Fsp3) is 0. The molecule has 8 nitrogen and oxygen atoms in total. The van der Waals surface area contributed by atoms with Gasteiger partial charge in [0.05, 0.1) is 44.7 Å². The summed E-state index contributed by atoms with van der Waals surface area (Å²) in [6.45, 7) is 0. The molecule has 5 aromatic carbocycles. The Bertz CT molecular complexity index is 2750. The van der Waals surface area contributed by atoms with Gasteiger partial charge in [0.1, 0.15) is 12.1 Å². The Labute approximate surface area is 297 Å². The molecule has 1 aliphatic heterocycles. The molecule has 8 aromatic rings. The Hall–Kier alpha value is -7.68. The van der Waals surface area contributed by atoms with Crippen molar-refractivity contribution in [2.24, 2.45) is 0 Å². The van der Waals surface area contributed by atoms with Crippen LogP contribution in [0.3, 0.4) is 0 Å². The normalized spacial score (nSPS) is 12.2. The minimum atomic E-state index is -0.415. The van der Waals surface area contributed by atoms with Crippen molar-refractivity contribution in [1.29, 1.82) is 10.5 Å². The lowest BCUT2D eigenvalue weighted by molar-refractivity contribution is 0.0926. The molecule has 3 aromatic heterocycles. The topological polar surface area (TPSA) is 116 Å². The summed E-state index contributed by atoms with van der Waals surface area (Å²) in [6.07, 6.45) is 6.47. The average Bonchev–Trinajstić information content (AvgIpc) is 3.67. The highest BCUT2D eigenvalue weighted by Gasteiger charge is 2.39. The molecule has 0 radical (unpaired) electrons. The first-order valence-electron chi connectivity index (χ1n) is 16.5. The van der Waals surface area contributed by atoms with E-state index in [0.717, 1.165) is 55.2 Å². The lowest BCUT2D eigenvalue weighted by Crippen LogP contribution is -2.29. The monoisotopic (exact) mass is 668 g/mol. The number of carbonyl (C=O) groups is 2. The third-order valence-electron chi connectivity index (χ3n) is 9.54. The standard InChI is InChI=1S/C44H24N6O2/c45-21-27-17-33(25-47-23-27)31-11-15-36-37-16-12-32(34-18-28(22-46)24-48-26-34)20-41(37)50(40(36)19-31)39-8-4-7-38-42(39)44(52)49(43(38)51)35-13-9-30(10-14-35)29-5-2-1-3-6-29/h1-20,23-26H. The van der Waals surface area contributed by atoms with E-state index in [9.17, 15) is 20.1 Å². The van der Waals surface area contributed by atoms with Crippen molar-refractivity contribution in [2.75, 3.05) is 4.90 Å². The minimum absolute atomic E-state index is 0.301. The number of aromatic nitrogens is 3. The zero-order valence-corrected chi connectivity index (χ0v) is 27.4. The molecule has 2 amide bonds. The number of anilines is 1. The number of rotatable bonds is 5. The number of hydrogen-bond acceptors (Lipinski definition) is 6. The molecule has 0 fully saturated rings. The van der Waals surface area contributed by atoms with Gasteiger partial charge in [0.25, 0.3) is 11.8 Å². The molecule has 0 saturated heterocycles. The van der Waals surface area contributed by atoms with E-state index < -0.39 is 11.8 Å². The minimum Gasteiger partial charge on any atom is -0.308 e. The Kier molecular flexibility index (Phi) is 7.03. The van der Waals surface area contributed by atoms with E-state index in [0.29, 0.717) is 33.6 Å². The van der Waals surface area contributed by atoms with Gasteiger partial charge in [0, 0.05) is 46.7 Å². The fourth-order valence-electron chi connectivity index (χ4n) is 7.08. The predicted molar refractivity (Wildman–Crippen MR) is 200 cm³/mol. The fourth-order valence-corrected chi connectivity index (χ4v) is 7.08. The van der Waals surface area contributed by atoms with Crippen LogP contribution in [0.4, 0.5) is 5.69 Å². The van der Waals surface area contributed by atoms with Crippen molar-refractivity contribution < 1.29 is 9.59 Å². The highest BCUT2D eigenvalue weighted by molar-refractivity contribution is 6.35. The number of imide groups is 1. The molecule has 1 aliphatic rings. The maximum absolute atomic E-state index is 14.5. The van der Waals surface area contributed by atoms with Crippen molar-refractivity contribution in [2.45, 2.75) is 0 Å². The summed E-state index contributed by atoms with van der Waals surface area (Å²) in [5, 5.41) is 21.0. The van der Waals surface area contributed by atoms with Gasteiger partial charge in [-0.25, -0.2) is 4.90 Å². The molecule has 8 heteroatoms. The molecule has 0 bridgehead atoms. The second-order valence-corrected chi connectivity index (χ2v) is 12.5. The van der Waals surface area contributed by atoms with Crippen LogP contribution < -0.4 is 4.90 Å². The van der Waals surface area contributed by atoms with E-state index in [1.807, 2.05) is 89.5 Å². The number of amides is 2. The van der Waals surface area contributed by atoms with Gasteiger partial charge in [-0.3, -0.25) is 19.6 Å². The van der Waals surface area contributed by atoms with Gasteiger partial charge in [0.15, 0.2) is 0 Å². The molecule has 9 rings (SSSR count). The van der Waals surface area contributed by atoms with Crippen LogP contribution in [0.15, 0.2) is 146 Å². The van der Waals surface area contributed by atoms with E-state index in [2.05, 4.69) is 22.1 Å². The molecular weight excluding hydrogens is 645 g/mol. The van der Waals surface area contributed by atoms with E-state index in [1.165, 1.54) is 17.3 Å².